The first-order chi connectivity index (χ1) is 7.47. The minimum atomic E-state index is -0.677. The fraction of sp³-hybridized carbons (Fsp3) is 0.300. The number of benzene rings is 1. The molecular formula is C10H13BrN2O3. The number of anilines is 1. The van der Waals surface area contributed by atoms with Gasteiger partial charge in [-0.05, 0) is 12.1 Å². The summed E-state index contributed by atoms with van der Waals surface area (Å²) in [6, 6.07) is 2.36. The van der Waals surface area contributed by atoms with Crippen LogP contribution in [0.1, 0.15) is 18.5 Å². The average Bonchev–Trinajstić information content (AvgIpc) is 2.22. The predicted octanol–water partition coefficient (Wildman–Crippen LogP) is 1.11. The summed E-state index contributed by atoms with van der Waals surface area (Å²) >= 11 is 3.26. The standard InChI is InChI=1S/C10H13BrN2O3/c1-5(15)13-10-8(16)3-2-6(11)9(10)7(12)4-14/h2-3,7,14,16H,4,12H2,1H3,(H,13,15). The van der Waals surface area contributed by atoms with Crippen LogP contribution in [0.4, 0.5) is 5.69 Å². The molecule has 1 aromatic carbocycles. The minimum Gasteiger partial charge on any atom is -0.506 e. The second kappa shape index (κ2) is 5.29. The smallest absolute Gasteiger partial charge is 0.221 e. The van der Waals surface area contributed by atoms with Gasteiger partial charge >= 0.3 is 0 Å². The molecule has 0 bridgehead atoms. The number of aliphatic hydroxyl groups is 1. The van der Waals surface area contributed by atoms with Gasteiger partial charge in [-0.15, -0.1) is 0 Å². The van der Waals surface area contributed by atoms with Crippen molar-refractivity contribution >= 4 is 27.5 Å². The lowest BCUT2D eigenvalue weighted by Crippen LogP contribution is -2.19. The fourth-order valence-corrected chi connectivity index (χ4v) is 1.97. The summed E-state index contributed by atoms with van der Waals surface area (Å²) in [4.78, 5) is 11.0. The van der Waals surface area contributed by atoms with Gasteiger partial charge in [-0.3, -0.25) is 4.79 Å². The Morgan fingerprint density at radius 1 is 1.62 bits per heavy atom. The maximum absolute atomic E-state index is 11.0. The molecule has 1 amide bonds. The summed E-state index contributed by atoms with van der Waals surface area (Å²) in [7, 11) is 0. The number of hydrogen-bond acceptors (Lipinski definition) is 4. The molecule has 0 spiro atoms. The lowest BCUT2D eigenvalue weighted by molar-refractivity contribution is -0.114. The molecule has 16 heavy (non-hydrogen) atoms. The van der Waals surface area contributed by atoms with E-state index in [9.17, 15) is 9.90 Å². The molecule has 88 valence electrons. The Labute approximate surface area is 101 Å². The van der Waals surface area contributed by atoms with Crippen LogP contribution in [-0.2, 0) is 4.79 Å². The molecule has 5 nitrogen and oxygen atoms in total. The Balaban J connectivity index is 3.30. The van der Waals surface area contributed by atoms with E-state index < -0.39 is 6.04 Å². The molecule has 0 aliphatic carbocycles. The molecule has 1 unspecified atom stereocenters. The molecule has 0 saturated heterocycles. The van der Waals surface area contributed by atoms with E-state index in [1.807, 2.05) is 0 Å². The number of phenols is 1. The topological polar surface area (TPSA) is 95.6 Å². The number of carbonyl (C=O) groups is 1. The van der Waals surface area contributed by atoms with Gasteiger partial charge in [0.2, 0.25) is 5.91 Å². The second-order valence-corrected chi connectivity index (χ2v) is 4.18. The highest BCUT2D eigenvalue weighted by Crippen LogP contribution is 2.36. The van der Waals surface area contributed by atoms with Gasteiger partial charge < -0.3 is 21.3 Å². The third kappa shape index (κ3) is 2.72. The molecule has 0 aromatic heterocycles. The molecule has 0 aliphatic rings. The third-order valence-corrected chi connectivity index (χ3v) is 2.73. The zero-order valence-corrected chi connectivity index (χ0v) is 10.3. The van der Waals surface area contributed by atoms with E-state index in [0.29, 0.717) is 10.0 Å². The summed E-state index contributed by atoms with van der Waals surface area (Å²) in [6.45, 7) is 1.04. The number of hydrogen-bond donors (Lipinski definition) is 4. The highest BCUT2D eigenvalue weighted by molar-refractivity contribution is 9.10. The molecule has 0 heterocycles. The number of amides is 1. The van der Waals surface area contributed by atoms with Crippen molar-refractivity contribution in [3.05, 3.63) is 22.2 Å². The van der Waals surface area contributed by atoms with Gasteiger partial charge in [0.05, 0.1) is 18.3 Å². The van der Waals surface area contributed by atoms with E-state index in [1.54, 1.807) is 6.07 Å². The Bertz CT molecular complexity index is 409. The monoisotopic (exact) mass is 288 g/mol. The van der Waals surface area contributed by atoms with Gasteiger partial charge in [0, 0.05) is 17.0 Å². The van der Waals surface area contributed by atoms with Gasteiger partial charge in [0.25, 0.3) is 0 Å². The quantitative estimate of drug-likeness (QED) is 0.627. The summed E-state index contributed by atoms with van der Waals surface area (Å²) in [5, 5.41) is 21.1. The maximum atomic E-state index is 11.0. The largest absolute Gasteiger partial charge is 0.506 e. The van der Waals surface area contributed by atoms with E-state index in [-0.39, 0.29) is 24.0 Å². The molecule has 6 heteroatoms. The van der Waals surface area contributed by atoms with Gasteiger partial charge in [0.15, 0.2) is 0 Å². The molecular weight excluding hydrogens is 276 g/mol. The molecule has 1 rings (SSSR count). The van der Waals surface area contributed by atoms with E-state index in [4.69, 9.17) is 10.8 Å². The molecule has 0 saturated carbocycles. The number of phenolic OH excluding ortho intramolecular Hbond substituents is 1. The highest BCUT2D eigenvalue weighted by Gasteiger charge is 2.18. The predicted molar refractivity (Wildman–Crippen MR) is 64.1 cm³/mol. The maximum Gasteiger partial charge on any atom is 0.221 e. The van der Waals surface area contributed by atoms with Crippen LogP contribution in [0, 0.1) is 0 Å². The van der Waals surface area contributed by atoms with Crippen molar-refractivity contribution in [2.45, 2.75) is 13.0 Å². The first-order valence-electron chi connectivity index (χ1n) is 4.62. The van der Waals surface area contributed by atoms with Gasteiger partial charge in [-0.25, -0.2) is 0 Å². The number of aliphatic hydroxyl groups excluding tert-OH is 1. The van der Waals surface area contributed by atoms with Gasteiger partial charge in [0.1, 0.15) is 5.75 Å². The number of nitrogens with one attached hydrogen (secondary N) is 1. The average molecular weight is 289 g/mol. The van der Waals surface area contributed by atoms with E-state index in [0.717, 1.165) is 0 Å². The summed E-state index contributed by atoms with van der Waals surface area (Å²) in [5.74, 6) is -0.405. The number of aromatic hydroxyl groups is 1. The summed E-state index contributed by atoms with van der Waals surface area (Å²) in [6.07, 6.45) is 0. The number of nitrogens with two attached hydrogens (primary N) is 1. The molecule has 5 N–H and O–H groups in total. The third-order valence-electron chi connectivity index (χ3n) is 2.04. The Hall–Kier alpha value is -1.11. The molecule has 0 fully saturated rings. The summed E-state index contributed by atoms with van der Waals surface area (Å²) < 4.78 is 0.621. The molecule has 0 radical (unpaired) electrons. The van der Waals surface area contributed by atoms with E-state index in [1.165, 1.54) is 13.0 Å². The van der Waals surface area contributed by atoms with Crippen LogP contribution in [0.2, 0.25) is 0 Å². The second-order valence-electron chi connectivity index (χ2n) is 3.33. The Morgan fingerprint density at radius 3 is 2.75 bits per heavy atom. The lowest BCUT2D eigenvalue weighted by atomic mass is 10.1. The Morgan fingerprint density at radius 2 is 2.25 bits per heavy atom. The van der Waals surface area contributed by atoms with Crippen LogP contribution in [0.5, 0.6) is 5.75 Å². The highest BCUT2D eigenvalue weighted by atomic mass is 79.9. The van der Waals surface area contributed by atoms with Crippen LogP contribution in [-0.4, -0.2) is 22.7 Å². The molecule has 0 aliphatic heterocycles. The SMILES string of the molecule is CC(=O)Nc1c(O)ccc(Br)c1C(N)CO. The van der Waals surface area contributed by atoms with Crippen LogP contribution < -0.4 is 11.1 Å². The van der Waals surface area contributed by atoms with Crippen LogP contribution in [0.25, 0.3) is 0 Å². The van der Waals surface area contributed by atoms with Crippen molar-refractivity contribution in [2.24, 2.45) is 5.73 Å². The zero-order valence-electron chi connectivity index (χ0n) is 8.70. The van der Waals surface area contributed by atoms with Crippen molar-refractivity contribution in [1.29, 1.82) is 0 Å². The van der Waals surface area contributed by atoms with E-state index in [2.05, 4.69) is 21.2 Å². The first-order valence-corrected chi connectivity index (χ1v) is 5.42. The fourth-order valence-electron chi connectivity index (χ4n) is 1.34. The van der Waals surface area contributed by atoms with Gasteiger partial charge in [-0.1, -0.05) is 15.9 Å². The van der Waals surface area contributed by atoms with Crippen molar-refractivity contribution in [3.8, 4) is 5.75 Å². The molecule has 1 atom stereocenters. The van der Waals surface area contributed by atoms with Crippen LogP contribution >= 0.6 is 15.9 Å². The normalized spacial score (nSPS) is 12.2. The number of rotatable bonds is 3. The number of carbonyl (C=O) groups excluding carboxylic acids is 1. The van der Waals surface area contributed by atoms with Crippen molar-refractivity contribution in [2.75, 3.05) is 11.9 Å². The Kier molecular flexibility index (Phi) is 4.28. The van der Waals surface area contributed by atoms with Gasteiger partial charge in [-0.2, -0.15) is 0 Å². The first kappa shape index (κ1) is 13.0. The van der Waals surface area contributed by atoms with Crippen LogP contribution in [0.3, 0.4) is 0 Å². The minimum absolute atomic E-state index is 0.0858. The lowest BCUT2D eigenvalue weighted by Gasteiger charge is -2.17. The van der Waals surface area contributed by atoms with E-state index >= 15 is 0 Å². The molecule has 1 aromatic rings. The van der Waals surface area contributed by atoms with Crippen molar-refractivity contribution < 1.29 is 15.0 Å². The van der Waals surface area contributed by atoms with Crippen molar-refractivity contribution in [1.82, 2.24) is 0 Å². The van der Waals surface area contributed by atoms with Crippen LogP contribution in [0.15, 0.2) is 16.6 Å². The zero-order chi connectivity index (χ0) is 12.3. The van der Waals surface area contributed by atoms with Crippen molar-refractivity contribution in [3.63, 3.8) is 0 Å². The summed E-state index contributed by atoms with van der Waals surface area (Å²) in [5.41, 5.74) is 6.39. The number of halogens is 1.